The Morgan fingerprint density at radius 2 is 1.74 bits per heavy atom. The predicted molar refractivity (Wildman–Crippen MR) is 137 cm³/mol. The van der Waals surface area contributed by atoms with E-state index in [9.17, 15) is 9.59 Å². The number of amides is 1. The number of para-hydroxylation sites is 2. The van der Waals surface area contributed by atoms with Crippen LogP contribution in [0.15, 0.2) is 82.7 Å². The molecular formula is C27H27N3O3S. The summed E-state index contributed by atoms with van der Waals surface area (Å²) < 4.78 is 6.81. The molecule has 0 atom stereocenters. The van der Waals surface area contributed by atoms with Crippen LogP contribution in [0.1, 0.15) is 30.9 Å². The van der Waals surface area contributed by atoms with E-state index in [0.717, 1.165) is 22.6 Å². The zero-order valence-electron chi connectivity index (χ0n) is 19.4. The SMILES string of the molecule is COc1ccc(CNC(=O)CSc2nc3ccccc3c(=O)n2-c2ccccc2C(C)C)cc1. The molecule has 4 rings (SSSR count). The summed E-state index contributed by atoms with van der Waals surface area (Å²) in [7, 11) is 1.62. The third-order valence-electron chi connectivity index (χ3n) is 5.53. The molecule has 0 unspecified atom stereocenters. The van der Waals surface area contributed by atoms with Gasteiger partial charge in [0.15, 0.2) is 5.16 Å². The summed E-state index contributed by atoms with van der Waals surface area (Å²) in [4.78, 5) is 30.9. The van der Waals surface area contributed by atoms with E-state index in [4.69, 9.17) is 9.72 Å². The van der Waals surface area contributed by atoms with Crippen LogP contribution in [-0.2, 0) is 11.3 Å². The molecule has 0 saturated carbocycles. The number of carbonyl (C=O) groups excluding carboxylic acids is 1. The summed E-state index contributed by atoms with van der Waals surface area (Å²) in [5.74, 6) is 1.00. The van der Waals surface area contributed by atoms with Gasteiger partial charge < -0.3 is 10.1 Å². The number of rotatable bonds is 8. The quantitative estimate of drug-likeness (QED) is 0.290. The maximum Gasteiger partial charge on any atom is 0.266 e. The van der Waals surface area contributed by atoms with Crippen LogP contribution in [0.5, 0.6) is 5.75 Å². The highest BCUT2D eigenvalue weighted by atomic mass is 32.2. The second-order valence-electron chi connectivity index (χ2n) is 8.18. The summed E-state index contributed by atoms with van der Waals surface area (Å²) in [6, 6.07) is 22.7. The minimum Gasteiger partial charge on any atom is -0.497 e. The molecule has 1 amide bonds. The average molecular weight is 474 g/mol. The van der Waals surface area contributed by atoms with Gasteiger partial charge in [-0.2, -0.15) is 0 Å². The number of thioether (sulfide) groups is 1. The lowest BCUT2D eigenvalue weighted by atomic mass is 10.0. The van der Waals surface area contributed by atoms with Gasteiger partial charge in [-0.05, 0) is 47.4 Å². The third-order valence-corrected chi connectivity index (χ3v) is 6.46. The van der Waals surface area contributed by atoms with Crippen LogP contribution in [0.4, 0.5) is 0 Å². The molecule has 0 bridgehead atoms. The number of ether oxygens (including phenoxy) is 1. The van der Waals surface area contributed by atoms with Gasteiger partial charge in [-0.3, -0.25) is 14.2 Å². The van der Waals surface area contributed by atoms with Crippen molar-refractivity contribution in [2.75, 3.05) is 12.9 Å². The van der Waals surface area contributed by atoms with Gasteiger partial charge in [0.2, 0.25) is 5.91 Å². The van der Waals surface area contributed by atoms with Crippen molar-refractivity contribution in [1.82, 2.24) is 14.9 Å². The molecule has 174 valence electrons. The van der Waals surface area contributed by atoms with E-state index in [1.54, 1.807) is 17.7 Å². The number of aromatic nitrogens is 2. The molecule has 0 saturated heterocycles. The Kier molecular flexibility index (Phi) is 7.33. The second-order valence-corrected chi connectivity index (χ2v) is 9.12. The van der Waals surface area contributed by atoms with Crippen LogP contribution in [0, 0.1) is 0 Å². The van der Waals surface area contributed by atoms with Crippen LogP contribution >= 0.6 is 11.8 Å². The van der Waals surface area contributed by atoms with Crippen LogP contribution in [0.25, 0.3) is 16.6 Å². The van der Waals surface area contributed by atoms with Crippen molar-refractivity contribution in [3.8, 4) is 11.4 Å². The van der Waals surface area contributed by atoms with Gasteiger partial charge in [0, 0.05) is 6.54 Å². The fourth-order valence-corrected chi connectivity index (χ4v) is 4.56. The topological polar surface area (TPSA) is 73.2 Å². The van der Waals surface area contributed by atoms with Crippen molar-refractivity contribution in [2.45, 2.75) is 31.5 Å². The highest BCUT2D eigenvalue weighted by Gasteiger charge is 2.18. The number of fused-ring (bicyclic) bond motifs is 1. The first-order valence-electron chi connectivity index (χ1n) is 11.1. The maximum atomic E-state index is 13.5. The molecular weight excluding hydrogens is 446 g/mol. The lowest BCUT2D eigenvalue weighted by molar-refractivity contribution is -0.118. The number of hydrogen-bond acceptors (Lipinski definition) is 5. The number of nitrogens with one attached hydrogen (secondary N) is 1. The molecule has 3 aromatic carbocycles. The van der Waals surface area contributed by atoms with Crippen LogP contribution < -0.4 is 15.6 Å². The van der Waals surface area contributed by atoms with Gasteiger partial charge in [0.1, 0.15) is 5.75 Å². The number of benzene rings is 3. The first kappa shape index (κ1) is 23.6. The van der Waals surface area contributed by atoms with E-state index < -0.39 is 0 Å². The van der Waals surface area contributed by atoms with Gasteiger partial charge in [-0.15, -0.1) is 0 Å². The van der Waals surface area contributed by atoms with Gasteiger partial charge in [-0.25, -0.2) is 4.98 Å². The Hall–Kier alpha value is -3.58. The van der Waals surface area contributed by atoms with Crippen molar-refractivity contribution in [3.05, 3.63) is 94.3 Å². The van der Waals surface area contributed by atoms with Crippen molar-refractivity contribution in [1.29, 1.82) is 0 Å². The molecule has 0 aliphatic rings. The van der Waals surface area contributed by atoms with Crippen LogP contribution in [-0.4, -0.2) is 28.3 Å². The van der Waals surface area contributed by atoms with E-state index in [-0.39, 0.29) is 23.1 Å². The molecule has 0 aliphatic carbocycles. The van der Waals surface area contributed by atoms with E-state index in [1.807, 2.05) is 66.7 Å². The number of hydrogen-bond donors (Lipinski definition) is 1. The largest absolute Gasteiger partial charge is 0.497 e. The van der Waals surface area contributed by atoms with Crippen molar-refractivity contribution in [3.63, 3.8) is 0 Å². The van der Waals surface area contributed by atoms with Crippen molar-refractivity contribution < 1.29 is 9.53 Å². The Morgan fingerprint density at radius 1 is 1.03 bits per heavy atom. The maximum absolute atomic E-state index is 13.5. The molecule has 1 aromatic heterocycles. The smallest absolute Gasteiger partial charge is 0.266 e. The highest BCUT2D eigenvalue weighted by Crippen LogP contribution is 2.27. The van der Waals surface area contributed by atoms with E-state index in [2.05, 4.69) is 19.2 Å². The van der Waals surface area contributed by atoms with E-state index >= 15 is 0 Å². The Balaban J connectivity index is 1.61. The molecule has 34 heavy (non-hydrogen) atoms. The molecule has 0 radical (unpaired) electrons. The molecule has 0 aliphatic heterocycles. The minimum absolute atomic E-state index is 0.132. The second kappa shape index (κ2) is 10.6. The standard InChI is InChI=1S/C27H27N3O3S/c1-18(2)21-8-5-7-11-24(21)30-26(32)22-9-4-6-10-23(22)29-27(30)34-17-25(31)28-16-19-12-14-20(33-3)15-13-19/h4-15,18H,16-17H2,1-3H3,(H,28,31). The number of methoxy groups -OCH3 is 1. The van der Waals surface area contributed by atoms with Crippen molar-refractivity contribution in [2.24, 2.45) is 0 Å². The van der Waals surface area contributed by atoms with Crippen molar-refractivity contribution >= 4 is 28.6 Å². The Bertz CT molecular complexity index is 1360. The summed E-state index contributed by atoms with van der Waals surface area (Å²) in [6.07, 6.45) is 0. The molecule has 0 fully saturated rings. The van der Waals surface area contributed by atoms with E-state index in [0.29, 0.717) is 22.6 Å². The van der Waals surface area contributed by atoms with Gasteiger partial charge in [0.05, 0.1) is 29.5 Å². The summed E-state index contributed by atoms with van der Waals surface area (Å²) in [5.41, 5.74) is 3.30. The fraction of sp³-hybridized carbons (Fsp3) is 0.222. The number of carbonyl (C=O) groups is 1. The third kappa shape index (κ3) is 5.15. The van der Waals surface area contributed by atoms with Crippen LogP contribution in [0.3, 0.4) is 0 Å². The van der Waals surface area contributed by atoms with Gasteiger partial charge >= 0.3 is 0 Å². The van der Waals surface area contributed by atoms with Gasteiger partial charge in [0.25, 0.3) is 5.56 Å². The fourth-order valence-electron chi connectivity index (χ4n) is 3.73. The summed E-state index contributed by atoms with van der Waals surface area (Å²) in [5, 5.41) is 3.98. The predicted octanol–water partition coefficient (Wildman–Crippen LogP) is 4.93. The molecule has 0 spiro atoms. The summed E-state index contributed by atoms with van der Waals surface area (Å²) in [6.45, 7) is 4.60. The van der Waals surface area contributed by atoms with E-state index in [1.165, 1.54) is 11.8 Å². The number of nitrogens with zero attached hydrogens (tertiary/aromatic N) is 2. The molecule has 1 N–H and O–H groups in total. The molecule has 6 nitrogen and oxygen atoms in total. The Morgan fingerprint density at radius 3 is 2.47 bits per heavy atom. The Labute approximate surface area is 203 Å². The lowest BCUT2D eigenvalue weighted by Gasteiger charge is -2.18. The molecule has 4 aromatic rings. The molecule has 1 heterocycles. The highest BCUT2D eigenvalue weighted by molar-refractivity contribution is 7.99. The summed E-state index contributed by atoms with van der Waals surface area (Å²) >= 11 is 1.26. The zero-order chi connectivity index (χ0) is 24.1. The van der Waals surface area contributed by atoms with Gasteiger partial charge in [-0.1, -0.05) is 68.1 Å². The van der Waals surface area contributed by atoms with Crippen LogP contribution in [0.2, 0.25) is 0 Å². The zero-order valence-corrected chi connectivity index (χ0v) is 20.3. The minimum atomic E-state index is -0.139. The monoisotopic (exact) mass is 473 g/mol. The molecule has 7 heteroatoms. The average Bonchev–Trinajstić information content (AvgIpc) is 2.86. The normalized spacial score (nSPS) is 11.1. The lowest BCUT2D eigenvalue weighted by Crippen LogP contribution is -2.26. The first-order chi connectivity index (χ1) is 16.5. The first-order valence-corrected chi connectivity index (χ1v) is 12.1.